The summed E-state index contributed by atoms with van der Waals surface area (Å²) in [6.45, 7) is -1.13. The summed E-state index contributed by atoms with van der Waals surface area (Å²) in [5.74, 6) is 0.0647. The zero-order valence-corrected chi connectivity index (χ0v) is 9.34. The second-order valence-electron chi connectivity index (χ2n) is 3.39. The van der Waals surface area contributed by atoms with Crippen LogP contribution in [0.3, 0.4) is 0 Å². The molecule has 0 aliphatic heterocycles. The number of rotatable bonds is 2. The van der Waals surface area contributed by atoms with Crippen LogP contribution in [0, 0.1) is 0 Å². The highest BCUT2D eigenvalue weighted by Crippen LogP contribution is 2.25. The summed E-state index contributed by atoms with van der Waals surface area (Å²) in [7, 11) is 1.27. The third-order valence-corrected chi connectivity index (χ3v) is 2.19. The van der Waals surface area contributed by atoms with Crippen LogP contribution in [0.2, 0.25) is 5.28 Å². The van der Waals surface area contributed by atoms with Gasteiger partial charge in [-0.05, 0) is 11.6 Å². The molecule has 0 amide bonds. The lowest BCUT2D eigenvalue weighted by Gasteiger charge is -2.19. The van der Waals surface area contributed by atoms with E-state index in [1.54, 1.807) is 0 Å². The van der Waals surface area contributed by atoms with Crippen LogP contribution in [-0.4, -0.2) is 39.7 Å². The topological polar surface area (TPSA) is 57.7 Å². The Morgan fingerprint density at radius 2 is 2.12 bits per heavy atom. The van der Waals surface area contributed by atoms with Gasteiger partial charge in [-0.25, -0.2) is 4.98 Å². The van der Waals surface area contributed by atoms with Gasteiger partial charge in [-0.2, -0.15) is 23.1 Å². The summed E-state index contributed by atoms with van der Waals surface area (Å²) < 4.78 is 36.8. The van der Waals surface area contributed by atoms with Gasteiger partial charge in [-0.1, -0.05) is 0 Å². The van der Waals surface area contributed by atoms with Gasteiger partial charge < -0.3 is 9.88 Å². The van der Waals surface area contributed by atoms with Crippen LogP contribution in [0.25, 0.3) is 11.2 Å². The largest absolute Gasteiger partial charge is 0.405 e. The van der Waals surface area contributed by atoms with Crippen LogP contribution >= 0.6 is 11.6 Å². The van der Waals surface area contributed by atoms with E-state index in [1.165, 1.54) is 13.4 Å². The molecule has 92 valence electrons. The van der Waals surface area contributed by atoms with Gasteiger partial charge in [0.05, 0.1) is 6.33 Å². The Balaban J connectivity index is 2.43. The highest BCUT2D eigenvalue weighted by molar-refractivity contribution is 6.28. The van der Waals surface area contributed by atoms with E-state index >= 15 is 0 Å². The summed E-state index contributed by atoms with van der Waals surface area (Å²) in [4.78, 5) is 15.0. The quantitative estimate of drug-likeness (QED) is 0.844. The molecule has 17 heavy (non-hydrogen) atoms. The predicted octanol–water partition coefficient (Wildman–Crippen LogP) is 2.00. The van der Waals surface area contributed by atoms with E-state index in [9.17, 15) is 13.2 Å². The second-order valence-corrected chi connectivity index (χ2v) is 3.73. The molecular weight excluding hydrogens is 259 g/mol. The van der Waals surface area contributed by atoms with Crippen molar-refractivity contribution in [3.05, 3.63) is 11.6 Å². The molecule has 0 spiro atoms. The van der Waals surface area contributed by atoms with Gasteiger partial charge in [0.1, 0.15) is 12.1 Å². The SMILES string of the molecule is CN(CC(F)(F)F)c1nc(Cl)nc2nc[nH]c12. The highest BCUT2D eigenvalue weighted by atomic mass is 35.5. The molecule has 0 bridgehead atoms. The lowest BCUT2D eigenvalue weighted by molar-refractivity contribution is -0.119. The smallest absolute Gasteiger partial charge is 0.349 e. The first-order valence-corrected chi connectivity index (χ1v) is 4.89. The number of H-pyrrole nitrogens is 1. The molecule has 2 aromatic heterocycles. The normalized spacial score (nSPS) is 12.1. The Labute approximate surface area is 98.6 Å². The van der Waals surface area contributed by atoms with Gasteiger partial charge in [-0.15, -0.1) is 0 Å². The number of nitrogens with one attached hydrogen (secondary N) is 1. The number of alkyl halides is 3. The maximum Gasteiger partial charge on any atom is 0.405 e. The van der Waals surface area contributed by atoms with Crippen LogP contribution in [0.1, 0.15) is 0 Å². The van der Waals surface area contributed by atoms with E-state index in [4.69, 9.17) is 11.6 Å². The van der Waals surface area contributed by atoms with Crippen molar-refractivity contribution in [3.8, 4) is 0 Å². The number of aromatic amines is 1. The van der Waals surface area contributed by atoms with Crippen molar-refractivity contribution in [3.63, 3.8) is 0 Å². The Hall–Kier alpha value is -1.57. The van der Waals surface area contributed by atoms with Gasteiger partial charge in [-0.3, -0.25) is 0 Å². The molecule has 0 aliphatic rings. The van der Waals surface area contributed by atoms with Crippen molar-refractivity contribution in [1.29, 1.82) is 0 Å². The van der Waals surface area contributed by atoms with E-state index in [2.05, 4.69) is 19.9 Å². The van der Waals surface area contributed by atoms with Gasteiger partial charge in [0, 0.05) is 7.05 Å². The highest BCUT2D eigenvalue weighted by Gasteiger charge is 2.30. The van der Waals surface area contributed by atoms with E-state index in [0.717, 1.165) is 4.90 Å². The monoisotopic (exact) mass is 265 g/mol. The molecule has 0 aliphatic carbocycles. The molecule has 0 radical (unpaired) electrons. The lowest BCUT2D eigenvalue weighted by Crippen LogP contribution is -2.31. The number of fused-ring (bicyclic) bond motifs is 1. The Bertz CT molecular complexity index is 537. The Kier molecular flexibility index (Phi) is 2.82. The average Bonchev–Trinajstić information content (AvgIpc) is 2.60. The van der Waals surface area contributed by atoms with Crippen molar-refractivity contribution in [2.75, 3.05) is 18.5 Å². The standard InChI is InChI=1S/C8H7ClF3N5/c1-17(2-8(10,11)12)6-4-5(14-3-13-4)15-7(9)16-6/h3H,2H2,1H3,(H,13,14,15,16). The van der Waals surface area contributed by atoms with Crippen LogP contribution in [0.5, 0.6) is 0 Å². The molecule has 0 saturated heterocycles. The average molecular weight is 266 g/mol. The predicted molar refractivity (Wildman–Crippen MR) is 56.0 cm³/mol. The van der Waals surface area contributed by atoms with E-state index in [1.807, 2.05) is 0 Å². The molecule has 2 aromatic rings. The molecule has 1 N–H and O–H groups in total. The summed E-state index contributed by atoms with van der Waals surface area (Å²) in [5.41, 5.74) is 0.551. The first-order chi connectivity index (χ1) is 7.87. The summed E-state index contributed by atoms with van der Waals surface area (Å²) in [6, 6.07) is 0. The lowest BCUT2D eigenvalue weighted by atomic mass is 10.4. The molecule has 0 unspecified atom stereocenters. The number of halogens is 4. The number of nitrogens with zero attached hydrogens (tertiary/aromatic N) is 4. The first kappa shape index (κ1) is 11.9. The fourth-order valence-electron chi connectivity index (χ4n) is 1.41. The van der Waals surface area contributed by atoms with Crippen molar-refractivity contribution in [1.82, 2.24) is 19.9 Å². The fraction of sp³-hybridized carbons (Fsp3) is 0.375. The maximum absolute atomic E-state index is 12.3. The number of hydrogen-bond donors (Lipinski definition) is 1. The summed E-state index contributed by atoms with van der Waals surface area (Å²) in [5, 5.41) is -0.145. The number of imidazole rings is 1. The molecule has 0 aromatic carbocycles. The first-order valence-electron chi connectivity index (χ1n) is 4.51. The minimum Gasteiger partial charge on any atom is -0.349 e. The van der Waals surface area contributed by atoms with Crippen LogP contribution in [0.4, 0.5) is 19.0 Å². The third kappa shape index (κ3) is 2.57. The van der Waals surface area contributed by atoms with Crippen molar-refractivity contribution >= 4 is 28.6 Å². The zero-order chi connectivity index (χ0) is 12.6. The van der Waals surface area contributed by atoms with Gasteiger partial charge in [0.2, 0.25) is 5.28 Å². The van der Waals surface area contributed by atoms with Crippen LogP contribution in [0.15, 0.2) is 6.33 Å². The minimum atomic E-state index is -4.32. The molecular formula is C8H7ClF3N5. The second kappa shape index (κ2) is 4.02. The van der Waals surface area contributed by atoms with Crippen LogP contribution in [-0.2, 0) is 0 Å². The van der Waals surface area contributed by atoms with Gasteiger partial charge in [0.25, 0.3) is 0 Å². The molecule has 0 saturated carbocycles. The Morgan fingerprint density at radius 1 is 1.41 bits per heavy atom. The molecule has 5 nitrogen and oxygen atoms in total. The fourth-order valence-corrected chi connectivity index (χ4v) is 1.57. The van der Waals surface area contributed by atoms with E-state index < -0.39 is 12.7 Å². The third-order valence-electron chi connectivity index (χ3n) is 2.02. The van der Waals surface area contributed by atoms with E-state index in [-0.39, 0.29) is 16.7 Å². The summed E-state index contributed by atoms with van der Waals surface area (Å²) in [6.07, 6.45) is -3.00. The number of anilines is 1. The maximum atomic E-state index is 12.3. The number of hydrogen-bond acceptors (Lipinski definition) is 4. The van der Waals surface area contributed by atoms with Gasteiger partial charge >= 0.3 is 6.18 Å². The minimum absolute atomic E-state index is 0.0647. The molecule has 9 heteroatoms. The van der Waals surface area contributed by atoms with Crippen LogP contribution < -0.4 is 4.90 Å². The molecule has 0 fully saturated rings. The zero-order valence-electron chi connectivity index (χ0n) is 8.59. The molecule has 2 rings (SSSR count). The van der Waals surface area contributed by atoms with Crippen molar-refractivity contribution < 1.29 is 13.2 Å². The van der Waals surface area contributed by atoms with Crippen molar-refractivity contribution in [2.45, 2.75) is 6.18 Å². The molecule has 2 heterocycles. The number of aromatic nitrogens is 4. The van der Waals surface area contributed by atoms with Gasteiger partial charge in [0.15, 0.2) is 11.5 Å². The van der Waals surface area contributed by atoms with E-state index in [0.29, 0.717) is 5.52 Å². The Morgan fingerprint density at radius 3 is 2.76 bits per heavy atom. The molecule has 0 atom stereocenters. The van der Waals surface area contributed by atoms with Crippen molar-refractivity contribution in [2.24, 2.45) is 0 Å². The summed E-state index contributed by atoms with van der Waals surface area (Å²) >= 11 is 5.61.